The smallest absolute Gasteiger partial charge is 0.191 e. The van der Waals surface area contributed by atoms with Gasteiger partial charge < -0.3 is 25.0 Å². The summed E-state index contributed by atoms with van der Waals surface area (Å²) in [5.74, 6) is 1.65. The summed E-state index contributed by atoms with van der Waals surface area (Å²) in [4.78, 5) is 11.3. The summed E-state index contributed by atoms with van der Waals surface area (Å²) >= 11 is 1.64. The molecular weight excluding hydrogens is 513 g/mol. The summed E-state index contributed by atoms with van der Waals surface area (Å²) in [6, 6.07) is 6.24. The van der Waals surface area contributed by atoms with Crippen LogP contribution >= 0.6 is 35.3 Å². The Hall–Kier alpha value is -1.59. The molecule has 30 heavy (non-hydrogen) atoms. The highest BCUT2D eigenvalue weighted by atomic mass is 127. The summed E-state index contributed by atoms with van der Waals surface area (Å²) in [6.07, 6.45) is 0.861. The van der Waals surface area contributed by atoms with Crippen LogP contribution in [0.1, 0.15) is 30.2 Å². The molecule has 0 saturated carbocycles. The number of hydrogen-bond acceptors (Lipinski definition) is 6. The highest BCUT2D eigenvalue weighted by Gasteiger charge is 2.07. The predicted molar refractivity (Wildman–Crippen MR) is 137 cm³/mol. The number of rotatable bonds is 11. The van der Waals surface area contributed by atoms with Gasteiger partial charge in [-0.2, -0.15) is 0 Å². The first kappa shape index (κ1) is 26.4. The van der Waals surface area contributed by atoms with Gasteiger partial charge in [0.15, 0.2) is 11.1 Å². The number of thiazole rings is 1. The number of halogens is 1. The maximum atomic E-state index is 5.96. The Kier molecular flexibility index (Phi) is 12.7. The van der Waals surface area contributed by atoms with E-state index in [4.69, 9.17) is 14.5 Å². The first-order chi connectivity index (χ1) is 14.0. The van der Waals surface area contributed by atoms with E-state index < -0.39 is 0 Å². The average Bonchev–Trinajstić information content (AvgIpc) is 3.18. The number of anilines is 1. The molecule has 0 amide bonds. The lowest BCUT2D eigenvalue weighted by atomic mass is 10.1. The van der Waals surface area contributed by atoms with Gasteiger partial charge in [-0.3, -0.25) is 0 Å². The SMILES string of the molecule is CCNC(=NCc1ccc(C)cc1OCCCOC)NCc1csc(N(C)C)n1.I. The zero-order valence-electron chi connectivity index (χ0n) is 18.5. The van der Waals surface area contributed by atoms with E-state index in [1.807, 2.05) is 19.0 Å². The van der Waals surface area contributed by atoms with E-state index in [1.54, 1.807) is 18.4 Å². The van der Waals surface area contributed by atoms with Crippen LogP contribution in [0.3, 0.4) is 0 Å². The molecule has 0 bridgehead atoms. The van der Waals surface area contributed by atoms with Crippen LogP contribution < -0.4 is 20.3 Å². The van der Waals surface area contributed by atoms with Gasteiger partial charge in [-0.05, 0) is 25.5 Å². The molecule has 0 spiro atoms. The lowest BCUT2D eigenvalue weighted by molar-refractivity contribution is 0.172. The molecule has 0 aliphatic heterocycles. The molecular formula is C21H34IN5O2S. The number of nitrogens with one attached hydrogen (secondary N) is 2. The van der Waals surface area contributed by atoms with Crippen molar-refractivity contribution in [2.24, 2.45) is 4.99 Å². The highest BCUT2D eigenvalue weighted by Crippen LogP contribution is 2.22. The summed E-state index contributed by atoms with van der Waals surface area (Å²) < 4.78 is 11.1. The third-order valence-electron chi connectivity index (χ3n) is 4.08. The molecule has 1 aromatic heterocycles. The summed E-state index contributed by atoms with van der Waals surface area (Å²) in [6.45, 7) is 7.40. The van der Waals surface area contributed by atoms with Crippen molar-refractivity contribution in [3.05, 3.63) is 40.4 Å². The molecule has 0 aliphatic carbocycles. The molecule has 0 radical (unpaired) electrons. The topological polar surface area (TPSA) is 71.0 Å². The lowest BCUT2D eigenvalue weighted by Crippen LogP contribution is -2.36. The molecule has 9 heteroatoms. The molecule has 1 aromatic carbocycles. The van der Waals surface area contributed by atoms with Crippen molar-refractivity contribution in [3.63, 3.8) is 0 Å². The van der Waals surface area contributed by atoms with Crippen LogP contribution in [-0.2, 0) is 17.8 Å². The maximum Gasteiger partial charge on any atom is 0.191 e. The van der Waals surface area contributed by atoms with Gasteiger partial charge in [0.05, 0.1) is 25.4 Å². The molecule has 0 aliphatic rings. The predicted octanol–water partition coefficient (Wildman–Crippen LogP) is 3.81. The molecule has 2 aromatic rings. The van der Waals surface area contributed by atoms with E-state index in [2.05, 4.69) is 53.0 Å². The summed E-state index contributed by atoms with van der Waals surface area (Å²) in [7, 11) is 5.70. The first-order valence-corrected chi connectivity index (χ1v) is 10.8. The van der Waals surface area contributed by atoms with Gasteiger partial charge in [-0.1, -0.05) is 12.1 Å². The minimum atomic E-state index is 0. The minimum Gasteiger partial charge on any atom is -0.493 e. The van der Waals surface area contributed by atoms with Gasteiger partial charge in [0.2, 0.25) is 0 Å². The van der Waals surface area contributed by atoms with Crippen molar-refractivity contribution < 1.29 is 9.47 Å². The standard InChI is InChI=1S/C21H33N5O2S.HI/c1-6-22-20(24-14-18-15-29-21(25-18)26(3)4)23-13-17-9-8-16(2)12-19(17)28-11-7-10-27-5;/h8-9,12,15H,6-7,10-11,13-14H2,1-5H3,(H2,22,23,24);1H. The van der Waals surface area contributed by atoms with Crippen LogP contribution in [0, 0.1) is 6.92 Å². The fourth-order valence-corrected chi connectivity index (χ4v) is 3.33. The second-order valence-corrected chi connectivity index (χ2v) is 7.71. The molecule has 0 atom stereocenters. The maximum absolute atomic E-state index is 5.96. The quantitative estimate of drug-likeness (QED) is 0.193. The Morgan fingerprint density at radius 3 is 2.70 bits per heavy atom. The van der Waals surface area contributed by atoms with Gasteiger partial charge in [-0.25, -0.2) is 9.98 Å². The van der Waals surface area contributed by atoms with Gasteiger partial charge in [0.25, 0.3) is 0 Å². The number of hydrogen-bond donors (Lipinski definition) is 2. The largest absolute Gasteiger partial charge is 0.493 e. The second kappa shape index (κ2) is 14.4. The molecule has 2 N–H and O–H groups in total. The number of aromatic nitrogens is 1. The number of methoxy groups -OCH3 is 1. The Morgan fingerprint density at radius 2 is 2.03 bits per heavy atom. The van der Waals surface area contributed by atoms with E-state index in [9.17, 15) is 0 Å². The summed E-state index contributed by atoms with van der Waals surface area (Å²) in [5.41, 5.74) is 3.24. The Balaban J connectivity index is 0.00000450. The lowest BCUT2D eigenvalue weighted by Gasteiger charge is -2.13. The van der Waals surface area contributed by atoms with Crippen molar-refractivity contribution in [1.82, 2.24) is 15.6 Å². The van der Waals surface area contributed by atoms with Crippen molar-refractivity contribution in [3.8, 4) is 5.75 Å². The van der Waals surface area contributed by atoms with Gasteiger partial charge in [-0.15, -0.1) is 35.3 Å². The number of aliphatic imine (C=N–C) groups is 1. The third kappa shape index (κ3) is 9.05. The molecule has 0 unspecified atom stereocenters. The number of benzene rings is 1. The number of nitrogens with zero attached hydrogens (tertiary/aromatic N) is 3. The fraction of sp³-hybridized carbons (Fsp3) is 0.524. The van der Waals surface area contributed by atoms with Crippen molar-refractivity contribution in [2.45, 2.75) is 33.4 Å². The van der Waals surface area contributed by atoms with Gasteiger partial charge in [0.1, 0.15) is 5.75 Å². The van der Waals surface area contributed by atoms with Crippen LogP contribution in [0.2, 0.25) is 0 Å². The molecule has 1 heterocycles. The summed E-state index contributed by atoms with van der Waals surface area (Å²) in [5, 5.41) is 9.71. The van der Waals surface area contributed by atoms with Crippen LogP contribution in [0.15, 0.2) is 28.6 Å². The molecule has 7 nitrogen and oxygen atoms in total. The van der Waals surface area contributed by atoms with Crippen molar-refractivity contribution >= 4 is 46.4 Å². The number of guanidine groups is 1. The van der Waals surface area contributed by atoms with Crippen LogP contribution in [0.25, 0.3) is 0 Å². The van der Waals surface area contributed by atoms with Crippen LogP contribution in [0.5, 0.6) is 5.75 Å². The fourth-order valence-electron chi connectivity index (χ4n) is 2.58. The minimum absolute atomic E-state index is 0. The molecule has 0 saturated heterocycles. The Bertz CT molecular complexity index is 783. The zero-order valence-corrected chi connectivity index (χ0v) is 21.7. The van der Waals surface area contributed by atoms with E-state index in [0.29, 0.717) is 26.3 Å². The monoisotopic (exact) mass is 547 g/mol. The zero-order chi connectivity index (χ0) is 21.1. The van der Waals surface area contributed by atoms with Crippen LogP contribution in [0.4, 0.5) is 5.13 Å². The average molecular weight is 548 g/mol. The van der Waals surface area contributed by atoms with E-state index in [-0.39, 0.29) is 24.0 Å². The van der Waals surface area contributed by atoms with Gasteiger partial charge >= 0.3 is 0 Å². The van der Waals surface area contributed by atoms with Crippen molar-refractivity contribution in [2.75, 3.05) is 45.9 Å². The number of ether oxygens (including phenoxy) is 2. The Labute approximate surface area is 201 Å². The van der Waals surface area contributed by atoms with Crippen molar-refractivity contribution in [1.29, 1.82) is 0 Å². The second-order valence-electron chi connectivity index (χ2n) is 6.87. The first-order valence-electron chi connectivity index (χ1n) is 9.88. The van der Waals surface area contributed by atoms with Gasteiger partial charge in [0, 0.05) is 51.7 Å². The molecule has 168 valence electrons. The normalized spacial score (nSPS) is 11.0. The van der Waals surface area contributed by atoms with E-state index >= 15 is 0 Å². The molecule has 2 rings (SSSR count). The van der Waals surface area contributed by atoms with E-state index in [1.165, 1.54) is 5.56 Å². The Morgan fingerprint density at radius 1 is 1.23 bits per heavy atom. The molecule has 0 fully saturated rings. The van der Waals surface area contributed by atoms with E-state index in [0.717, 1.165) is 41.1 Å². The number of aryl methyl sites for hydroxylation is 1. The highest BCUT2D eigenvalue weighted by molar-refractivity contribution is 14.0. The third-order valence-corrected chi connectivity index (χ3v) is 5.14. The van der Waals surface area contributed by atoms with Crippen LogP contribution in [-0.4, -0.2) is 51.9 Å².